The number of nitrogens with zero attached hydrogens (tertiary/aromatic N) is 4. The second kappa shape index (κ2) is 6.57. The summed E-state index contributed by atoms with van der Waals surface area (Å²) in [4.78, 5) is 24.7. The molecule has 25 heavy (non-hydrogen) atoms. The standard InChI is InChI=1S/C19H17N5O/c1-12-7-9-16(11-21-12)24-14(3)17(23-19(24)18(20)25)10-8-15-6-4-5-13(2)22-15/h4-7,9,11H,1-3H3,(H2,20,25). The van der Waals surface area contributed by atoms with Crippen LogP contribution < -0.4 is 5.73 Å². The molecule has 0 fully saturated rings. The maximum Gasteiger partial charge on any atom is 0.285 e. The maximum absolute atomic E-state index is 11.8. The maximum atomic E-state index is 11.8. The fourth-order valence-electron chi connectivity index (χ4n) is 2.43. The zero-order valence-electron chi connectivity index (χ0n) is 14.2. The number of hydrogen-bond donors (Lipinski definition) is 1. The van der Waals surface area contributed by atoms with E-state index in [0.29, 0.717) is 17.1 Å². The number of aromatic nitrogens is 4. The van der Waals surface area contributed by atoms with Gasteiger partial charge in [-0.1, -0.05) is 6.07 Å². The van der Waals surface area contributed by atoms with Crippen LogP contribution in [0.1, 0.15) is 39.1 Å². The van der Waals surface area contributed by atoms with E-state index >= 15 is 0 Å². The minimum Gasteiger partial charge on any atom is -0.363 e. The topological polar surface area (TPSA) is 86.7 Å². The van der Waals surface area contributed by atoms with Crippen molar-refractivity contribution < 1.29 is 4.79 Å². The molecule has 6 nitrogen and oxygen atoms in total. The third-order valence-electron chi connectivity index (χ3n) is 3.68. The van der Waals surface area contributed by atoms with Gasteiger partial charge in [-0.05, 0) is 56.9 Å². The number of primary amides is 1. The molecule has 3 aromatic heterocycles. The molecule has 0 bridgehead atoms. The average molecular weight is 331 g/mol. The molecule has 3 heterocycles. The molecule has 0 aliphatic heterocycles. The normalized spacial score (nSPS) is 10.2. The fraction of sp³-hybridized carbons (Fsp3) is 0.158. The summed E-state index contributed by atoms with van der Waals surface area (Å²) < 4.78 is 1.67. The van der Waals surface area contributed by atoms with Crippen molar-refractivity contribution in [3.05, 3.63) is 70.8 Å². The summed E-state index contributed by atoms with van der Waals surface area (Å²) in [6, 6.07) is 9.35. The lowest BCUT2D eigenvalue weighted by molar-refractivity contribution is 0.0988. The van der Waals surface area contributed by atoms with Crippen LogP contribution in [0.3, 0.4) is 0 Å². The molecule has 0 unspecified atom stereocenters. The van der Waals surface area contributed by atoms with E-state index < -0.39 is 5.91 Å². The minimum absolute atomic E-state index is 0.129. The Labute approximate surface area is 145 Å². The zero-order valence-corrected chi connectivity index (χ0v) is 14.2. The Balaban J connectivity index is 2.10. The highest BCUT2D eigenvalue weighted by Gasteiger charge is 2.18. The van der Waals surface area contributed by atoms with Crippen molar-refractivity contribution in [3.8, 4) is 17.5 Å². The van der Waals surface area contributed by atoms with Crippen LogP contribution in [0.4, 0.5) is 0 Å². The van der Waals surface area contributed by atoms with Gasteiger partial charge in [0.25, 0.3) is 5.91 Å². The number of carbonyl (C=O) groups is 1. The summed E-state index contributed by atoms with van der Waals surface area (Å²) in [6.45, 7) is 5.64. The summed E-state index contributed by atoms with van der Waals surface area (Å²) in [5.74, 6) is 5.47. The van der Waals surface area contributed by atoms with Crippen molar-refractivity contribution in [2.75, 3.05) is 0 Å². The molecule has 0 aliphatic carbocycles. The first-order valence-corrected chi connectivity index (χ1v) is 7.73. The molecule has 124 valence electrons. The van der Waals surface area contributed by atoms with Crippen LogP contribution in [-0.2, 0) is 0 Å². The zero-order chi connectivity index (χ0) is 18.0. The van der Waals surface area contributed by atoms with Crippen LogP contribution in [0, 0.1) is 32.6 Å². The molecule has 3 rings (SSSR count). The Morgan fingerprint density at radius 3 is 2.48 bits per heavy atom. The molecule has 0 saturated carbocycles. The van der Waals surface area contributed by atoms with E-state index in [9.17, 15) is 4.79 Å². The van der Waals surface area contributed by atoms with E-state index in [1.54, 1.807) is 10.8 Å². The van der Waals surface area contributed by atoms with Gasteiger partial charge in [-0.3, -0.25) is 14.3 Å². The highest BCUT2D eigenvalue weighted by molar-refractivity contribution is 5.90. The number of aryl methyl sites for hydroxylation is 2. The molecule has 3 aromatic rings. The van der Waals surface area contributed by atoms with E-state index in [2.05, 4.69) is 26.8 Å². The van der Waals surface area contributed by atoms with Gasteiger partial charge in [0.1, 0.15) is 11.4 Å². The van der Waals surface area contributed by atoms with Crippen LogP contribution >= 0.6 is 0 Å². The Morgan fingerprint density at radius 1 is 1.04 bits per heavy atom. The first kappa shape index (κ1) is 16.4. The van der Waals surface area contributed by atoms with Gasteiger partial charge >= 0.3 is 0 Å². The van der Waals surface area contributed by atoms with Crippen LogP contribution in [0.2, 0.25) is 0 Å². The Hall–Kier alpha value is -3.46. The number of carbonyl (C=O) groups excluding carboxylic acids is 1. The second-order valence-corrected chi connectivity index (χ2v) is 5.64. The molecular formula is C19H17N5O. The lowest BCUT2D eigenvalue weighted by atomic mass is 10.2. The smallest absolute Gasteiger partial charge is 0.285 e. The molecule has 0 spiro atoms. The lowest BCUT2D eigenvalue weighted by Crippen LogP contribution is -2.18. The molecule has 1 amide bonds. The Bertz CT molecular complexity index is 1010. The van der Waals surface area contributed by atoms with Gasteiger partial charge in [0.05, 0.1) is 17.6 Å². The van der Waals surface area contributed by atoms with Gasteiger partial charge in [0.2, 0.25) is 5.82 Å². The second-order valence-electron chi connectivity index (χ2n) is 5.64. The van der Waals surface area contributed by atoms with Crippen LogP contribution in [-0.4, -0.2) is 25.4 Å². The highest BCUT2D eigenvalue weighted by Crippen LogP contribution is 2.17. The van der Waals surface area contributed by atoms with Gasteiger partial charge in [0.15, 0.2) is 0 Å². The fourth-order valence-corrected chi connectivity index (χ4v) is 2.43. The largest absolute Gasteiger partial charge is 0.363 e. The van der Waals surface area contributed by atoms with Crippen molar-refractivity contribution in [2.24, 2.45) is 5.73 Å². The van der Waals surface area contributed by atoms with Crippen LogP contribution in [0.5, 0.6) is 0 Å². The monoisotopic (exact) mass is 331 g/mol. The van der Waals surface area contributed by atoms with Gasteiger partial charge in [0, 0.05) is 11.4 Å². The van der Waals surface area contributed by atoms with Crippen molar-refractivity contribution in [3.63, 3.8) is 0 Å². The van der Waals surface area contributed by atoms with Crippen molar-refractivity contribution >= 4 is 5.91 Å². The summed E-state index contributed by atoms with van der Waals surface area (Å²) in [5, 5.41) is 0. The van der Waals surface area contributed by atoms with E-state index in [4.69, 9.17) is 5.73 Å². The van der Waals surface area contributed by atoms with Gasteiger partial charge in [-0.25, -0.2) is 9.97 Å². The molecule has 0 atom stereocenters. The predicted molar refractivity (Wildman–Crippen MR) is 94.3 cm³/mol. The minimum atomic E-state index is -0.620. The number of rotatable bonds is 2. The van der Waals surface area contributed by atoms with E-state index in [-0.39, 0.29) is 5.82 Å². The van der Waals surface area contributed by atoms with Gasteiger partial charge in [-0.2, -0.15) is 0 Å². The first-order chi connectivity index (χ1) is 12.0. The molecule has 0 saturated heterocycles. The number of amides is 1. The summed E-state index contributed by atoms with van der Waals surface area (Å²) in [7, 11) is 0. The molecule has 2 N–H and O–H groups in total. The highest BCUT2D eigenvalue weighted by atomic mass is 16.1. The van der Waals surface area contributed by atoms with Crippen LogP contribution in [0.25, 0.3) is 5.69 Å². The summed E-state index contributed by atoms with van der Waals surface area (Å²) >= 11 is 0. The summed E-state index contributed by atoms with van der Waals surface area (Å²) in [5.41, 5.74) is 9.82. The quantitative estimate of drug-likeness (QED) is 0.729. The third kappa shape index (κ3) is 3.40. The van der Waals surface area contributed by atoms with Gasteiger partial charge < -0.3 is 5.73 Å². The van der Waals surface area contributed by atoms with Crippen molar-refractivity contribution in [2.45, 2.75) is 20.8 Å². The molecule has 0 aliphatic rings. The Kier molecular flexibility index (Phi) is 4.31. The van der Waals surface area contributed by atoms with Gasteiger partial charge in [-0.15, -0.1) is 0 Å². The molecular weight excluding hydrogens is 314 g/mol. The molecule has 0 radical (unpaired) electrons. The Morgan fingerprint density at radius 2 is 1.84 bits per heavy atom. The average Bonchev–Trinajstić information content (AvgIpc) is 2.91. The predicted octanol–water partition coefficient (Wildman–Crippen LogP) is 2.09. The number of nitrogens with two attached hydrogens (primary N) is 1. The number of imidazole rings is 1. The number of hydrogen-bond acceptors (Lipinski definition) is 4. The third-order valence-corrected chi connectivity index (χ3v) is 3.68. The van der Waals surface area contributed by atoms with Crippen LogP contribution in [0.15, 0.2) is 36.5 Å². The summed E-state index contributed by atoms with van der Waals surface area (Å²) in [6.07, 6.45) is 1.68. The first-order valence-electron chi connectivity index (χ1n) is 7.73. The van der Waals surface area contributed by atoms with Crippen molar-refractivity contribution in [1.82, 2.24) is 19.5 Å². The molecule has 0 aromatic carbocycles. The van der Waals surface area contributed by atoms with E-state index in [1.165, 1.54) is 0 Å². The van der Waals surface area contributed by atoms with E-state index in [1.807, 2.05) is 51.1 Å². The number of pyridine rings is 2. The molecule has 6 heteroatoms. The lowest BCUT2D eigenvalue weighted by Gasteiger charge is -2.07. The SMILES string of the molecule is Cc1ccc(-n2c(C(N)=O)nc(C#Cc3cccc(C)n3)c2C)cn1. The van der Waals surface area contributed by atoms with E-state index in [0.717, 1.165) is 17.1 Å². The van der Waals surface area contributed by atoms with Crippen molar-refractivity contribution in [1.29, 1.82) is 0 Å².